The third kappa shape index (κ3) is 6.77. The van der Waals surface area contributed by atoms with E-state index < -0.39 is 23.3 Å². The smallest absolute Gasteiger partial charge is 0.411 e. The molecule has 1 amide bonds. The minimum atomic E-state index is -0.597. The molecule has 6 heteroatoms. The first-order valence-electron chi connectivity index (χ1n) is 8.14. The van der Waals surface area contributed by atoms with Crippen LogP contribution in [0.3, 0.4) is 0 Å². The van der Waals surface area contributed by atoms with Crippen molar-refractivity contribution in [1.82, 2.24) is 4.90 Å². The van der Waals surface area contributed by atoms with Crippen LogP contribution in [0.25, 0.3) is 0 Å². The SMILES string of the molecule is COCCC1CC(C(=O)OC(C)(C)C)N(C(=O)OC(C)(C)C)C1. The third-order valence-corrected chi connectivity index (χ3v) is 3.42. The standard InChI is InChI=1S/C17H31NO5/c1-16(2,3)22-14(19)13-10-12(8-9-21-7)11-18(13)15(20)23-17(4,5)6/h12-13H,8-11H2,1-7H3. The van der Waals surface area contributed by atoms with Crippen molar-refractivity contribution in [2.75, 3.05) is 20.3 Å². The Labute approximate surface area is 139 Å². The summed E-state index contributed by atoms with van der Waals surface area (Å²) in [7, 11) is 1.64. The van der Waals surface area contributed by atoms with E-state index in [1.165, 1.54) is 4.90 Å². The predicted molar refractivity (Wildman–Crippen MR) is 87.2 cm³/mol. The van der Waals surface area contributed by atoms with E-state index in [-0.39, 0.29) is 11.9 Å². The van der Waals surface area contributed by atoms with Crippen molar-refractivity contribution in [3.8, 4) is 0 Å². The van der Waals surface area contributed by atoms with Gasteiger partial charge in [0, 0.05) is 20.3 Å². The van der Waals surface area contributed by atoms with Crippen LogP contribution >= 0.6 is 0 Å². The summed E-state index contributed by atoms with van der Waals surface area (Å²) in [6, 6.07) is -0.592. The van der Waals surface area contributed by atoms with Gasteiger partial charge in [-0.1, -0.05) is 0 Å². The largest absolute Gasteiger partial charge is 0.458 e. The molecule has 1 aliphatic heterocycles. The maximum Gasteiger partial charge on any atom is 0.411 e. The van der Waals surface area contributed by atoms with E-state index in [9.17, 15) is 9.59 Å². The molecule has 0 N–H and O–H groups in total. The highest BCUT2D eigenvalue weighted by molar-refractivity contribution is 5.82. The van der Waals surface area contributed by atoms with Crippen molar-refractivity contribution in [2.24, 2.45) is 5.92 Å². The van der Waals surface area contributed by atoms with E-state index in [2.05, 4.69) is 0 Å². The number of ether oxygens (including phenoxy) is 3. The van der Waals surface area contributed by atoms with Crippen LogP contribution in [0.15, 0.2) is 0 Å². The van der Waals surface area contributed by atoms with Crippen molar-refractivity contribution in [3.63, 3.8) is 0 Å². The Kier molecular flexibility index (Phi) is 6.45. The molecule has 1 saturated heterocycles. The number of carbonyl (C=O) groups excluding carboxylic acids is 2. The number of likely N-dealkylation sites (tertiary alicyclic amines) is 1. The Morgan fingerprint density at radius 1 is 1.04 bits per heavy atom. The van der Waals surface area contributed by atoms with Gasteiger partial charge in [-0.2, -0.15) is 0 Å². The van der Waals surface area contributed by atoms with Gasteiger partial charge in [0.1, 0.15) is 17.2 Å². The van der Waals surface area contributed by atoms with Gasteiger partial charge >= 0.3 is 12.1 Å². The molecule has 0 radical (unpaired) electrons. The lowest BCUT2D eigenvalue weighted by Gasteiger charge is -2.29. The molecule has 23 heavy (non-hydrogen) atoms. The molecule has 1 heterocycles. The van der Waals surface area contributed by atoms with Crippen LogP contribution in [0.4, 0.5) is 4.79 Å². The van der Waals surface area contributed by atoms with Crippen molar-refractivity contribution in [3.05, 3.63) is 0 Å². The fourth-order valence-corrected chi connectivity index (χ4v) is 2.53. The average Bonchev–Trinajstić information content (AvgIpc) is 2.76. The summed E-state index contributed by atoms with van der Waals surface area (Å²) in [4.78, 5) is 26.4. The Hall–Kier alpha value is -1.30. The Morgan fingerprint density at radius 3 is 2.09 bits per heavy atom. The average molecular weight is 329 g/mol. The van der Waals surface area contributed by atoms with E-state index in [1.807, 2.05) is 41.5 Å². The Morgan fingerprint density at radius 2 is 1.61 bits per heavy atom. The summed E-state index contributed by atoms with van der Waals surface area (Å²) in [5.74, 6) is -0.164. The van der Waals surface area contributed by atoms with Gasteiger partial charge < -0.3 is 14.2 Å². The third-order valence-electron chi connectivity index (χ3n) is 3.42. The second kappa shape index (κ2) is 7.51. The van der Waals surface area contributed by atoms with Gasteiger partial charge in [-0.3, -0.25) is 4.90 Å². The van der Waals surface area contributed by atoms with E-state index in [1.54, 1.807) is 7.11 Å². The summed E-state index contributed by atoms with van der Waals surface area (Å²) >= 11 is 0. The molecule has 134 valence electrons. The number of hydrogen-bond donors (Lipinski definition) is 0. The highest BCUT2D eigenvalue weighted by atomic mass is 16.6. The molecule has 0 aromatic carbocycles. The van der Waals surface area contributed by atoms with Gasteiger partial charge in [-0.25, -0.2) is 9.59 Å². The molecule has 2 atom stereocenters. The highest BCUT2D eigenvalue weighted by Gasteiger charge is 2.43. The van der Waals surface area contributed by atoms with Gasteiger partial charge in [-0.15, -0.1) is 0 Å². The van der Waals surface area contributed by atoms with E-state index in [4.69, 9.17) is 14.2 Å². The number of nitrogens with zero attached hydrogens (tertiary/aromatic N) is 1. The van der Waals surface area contributed by atoms with Crippen LogP contribution in [-0.4, -0.2) is 54.5 Å². The molecule has 2 unspecified atom stereocenters. The maximum absolute atomic E-state index is 12.5. The molecule has 0 bridgehead atoms. The van der Waals surface area contributed by atoms with Crippen molar-refractivity contribution < 1.29 is 23.8 Å². The molecule has 0 aromatic heterocycles. The molecule has 0 spiro atoms. The summed E-state index contributed by atoms with van der Waals surface area (Å²) in [6.45, 7) is 12.0. The van der Waals surface area contributed by atoms with Gasteiger partial charge in [-0.05, 0) is 60.3 Å². The zero-order valence-electron chi connectivity index (χ0n) is 15.5. The molecule has 0 aromatic rings. The van der Waals surface area contributed by atoms with Crippen LogP contribution in [0.2, 0.25) is 0 Å². The van der Waals surface area contributed by atoms with Gasteiger partial charge in [0.25, 0.3) is 0 Å². The minimum Gasteiger partial charge on any atom is -0.458 e. The molecular weight excluding hydrogens is 298 g/mol. The first-order valence-corrected chi connectivity index (χ1v) is 8.14. The molecule has 1 fully saturated rings. The van der Waals surface area contributed by atoms with E-state index >= 15 is 0 Å². The Bertz CT molecular complexity index is 386. The Balaban J connectivity index is 2.84. The van der Waals surface area contributed by atoms with Crippen molar-refractivity contribution >= 4 is 12.1 Å². The zero-order chi connectivity index (χ0) is 17.8. The second-order valence-corrected chi connectivity index (χ2v) is 8.07. The molecule has 1 rings (SSSR count). The van der Waals surface area contributed by atoms with Crippen LogP contribution < -0.4 is 0 Å². The van der Waals surface area contributed by atoms with Crippen LogP contribution in [-0.2, 0) is 19.0 Å². The fraction of sp³-hybridized carbons (Fsp3) is 0.882. The normalized spacial score (nSPS) is 22.1. The second-order valence-electron chi connectivity index (χ2n) is 8.07. The predicted octanol–water partition coefficient (Wildman–Crippen LogP) is 2.99. The topological polar surface area (TPSA) is 65.1 Å². The van der Waals surface area contributed by atoms with Crippen LogP contribution in [0.5, 0.6) is 0 Å². The fourth-order valence-electron chi connectivity index (χ4n) is 2.53. The van der Waals surface area contributed by atoms with Crippen molar-refractivity contribution in [2.45, 2.75) is 71.6 Å². The molecule has 0 saturated carbocycles. The first kappa shape index (κ1) is 19.7. The quantitative estimate of drug-likeness (QED) is 0.742. The number of hydrogen-bond acceptors (Lipinski definition) is 5. The van der Waals surface area contributed by atoms with Crippen LogP contribution in [0.1, 0.15) is 54.4 Å². The lowest BCUT2D eigenvalue weighted by Crippen LogP contribution is -2.45. The minimum absolute atomic E-state index is 0.208. The van der Waals surface area contributed by atoms with Crippen LogP contribution in [0, 0.1) is 5.92 Å². The zero-order valence-corrected chi connectivity index (χ0v) is 15.5. The summed E-state index contributed by atoms with van der Waals surface area (Å²) in [6.07, 6.45) is 0.917. The highest BCUT2D eigenvalue weighted by Crippen LogP contribution is 2.29. The number of rotatable bonds is 4. The molecule has 0 aliphatic carbocycles. The van der Waals surface area contributed by atoms with Gasteiger partial charge in [0.05, 0.1) is 0 Å². The summed E-state index contributed by atoms with van der Waals surface area (Å²) in [5.41, 5.74) is -1.18. The number of carbonyl (C=O) groups is 2. The number of amides is 1. The van der Waals surface area contributed by atoms with Gasteiger partial charge in [0.15, 0.2) is 0 Å². The number of esters is 1. The first-order chi connectivity index (χ1) is 10.4. The lowest BCUT2D eigenvalue weighted by molar-refractivity contribution is -0.160. The monoisotopic (exact) mass is 329 g/mol. The molecule has 1 aliphatic rings. The molecule has 6 nitrogen and oxygen atoms in total. The maximum atomic E-state index is 12.5. The van der Waals surface area contributed by atoms with E-state index in [0.29, 0.717) is 19.6 Å². The lowest BCUT2D eigenvalue weighted by atomic mass is 10.0. The summed E-state index contributed by atoms with van der Waals surface area (Å²) in [5, 5.41) is 0. The number of methoxy groups -OCH3 is 1. The summed E-state index contributed by atoms with van der Waals surface area (Å²) < 4.78 is 16.0. The van der Waals surface area contributed by atoms with Gasteiger partial charge in [0.2, 0.25) is 0 Å². The molecular formula is C17H31NO5. The van der Waals surface area contributed by atoms with E-state index in [0.717, 1.165) is 6.42 Å². The van der Waals surface area contributed by atoms with Crippen molar-refractivity contribution in [1.29, 1.82) is 0 Å².